The third-order valence-corrected chi connectivity index (χ3v) is 7.36. The summed E-state index contributed by atoms with van der Waals surface area (Å²) in [5, 5.41) is 5.88. The summed E-state index contributed by atoms with van der Waals surface area (Å²) in [6.45, 7) is 1.21. The largest absolute Gasteiger partial charge is 0.416 e. The van der Waals surface area contributed by atoms with E-state index in [1.807, 2.05) is 4.57 Å². The van der Waals surface area contributed by atoms with E-state index in [0.29, 0.717) is 62.0 Å². The number of halogens is 5. The van der Waals surface area contributed by atoms with E-state index in [1.165, 1.54) is 0 Å². The minimum atomic E-state index is -4.60. The molecule has 37 heavy (non-hydrogen) atoms. The van der Waals surface area contributed by atoms with Gasteiger partial charge in [-0.25, -0.2) is 9.97 Å². The van der Waals surface area contributed by atoms with E-state index < -0.39 is 11.7 Å². The smallest absolute Gasteiger partial charge is 0.379 e. The van der Waals surface area contributed by atoms with Crippen LogP contribution in [0.5, 0.6) is 0 Å². The van der Waals surface area contributed by atoms with Gasteiger partial charge in [0, 0.05) is 18.6 Å². The normalized spacial score (nSPS) is 22.4. The van der Waals surface area contributed by atoms with Gasteiger partial charge in [0.25, 0.3) is 0 Å². The van der Waals surface area contributed by atoms with Crippen molar-refractivity contribution in [3.8, 4) is 0 Å². The van der Waals surface area contributed by atoms with Crippen LogP contribution < -0.4 is 16.4 Å². The summed E-state index contributed by atoms with van der Waals surface area (Å²) in [4.78, 5) is 25.4. The molecule has 0 bridgehead atoms. The summed E-state index contributed by atoms with van der Waals surface area (Å²) in [5.41, 5.74) is 5.65. The van der Waals surface area contributed by atoms with Crippen molar-refractivity contribution in [1.82, 2.24) is 19.5 Å². The summed E-state index contributed by atoms with van der Waals surface area (Å²) in [6.07, 6.45) is 0.258. The quantitative estimate of drug-likeness (QED) is 0.375. The van der Waals surface area contributed by atoms with Gasteiger partial charge in [0.2, 0.25) is 17.8 Å². The Bertz CT molecular complexity index is 1300. The molecule has 1 saturated heterocycles. The number of nitrogens with two attached hydrogens (primary N) is 1. The number of imidazole rings is 1. The van der Waals surface area contributed by atoms with Gasteiger partial charge in [-0.05, 0) is 44.2 Å². The number of ether oxygens (including phenoxy) is 1. The number of nitrogens with zero attached hydrogens (tertiary/aromatic N) is 4. The average molecular weight is 558 g/mol. The molecule has 3 aromatic rings. The molecule has 1 aliphatic carbocycles. The van der Waals surface area contributed by atoms with Crippen molar-refractivity contribution in [2.24, 2.45) is 11.7 Å². The maximum atomic E-state index is 13.2. The lowest BCUT2D eigenvalue weighted by atomic mass is 9.85. The molecular weight excluding hydrogens is 534 g/mol. The Hall–Kier alpha value is -2.83. The molecule has 0 unspecified atom stereocenters. The van der Waals surface area contributed by atoms with Crippen LogP contribution in [0.15, 0.2) is 18.3 Å². The van der Waals surface area contributed by atoms with E-state index >= 15 is 0 Å². The predicted molar refractivity (Wildman–Crippen MR) is 133 cm³/mol. The number of carbonyl (C=O) groups is 1. The van der Waals surface area contributed by atoms with Crippen LogP contribution in [0, 0.1) is 5.92 Å². The molecule has 3 heterocycles. The first-order chi connectivity index (χ1) is 17.6. The van der Waals surface area contributed by atoms with Crippen molar-refractivity contribution in [2.45, 2.75) is 50.4 Å². The van der Waals surface area contributed by atoms with E-state index in [9.17, 15) is 18.0 Å². The first-order valence-corrected chi connectivity index (χ1v) is 12.6. The van der Waals surface area contributed by atoms with Crippen LogP contribution in [0.2, 0.25) is 10.0 Å². The lowest BCUT2D eigenvalue weighted by molar-refractivity contribution is -0.137. The first-order valence-electron chi connectivity index (χ1n) is 11.8. The fourth-order valence-corrected chi connectivity index (χ4v) is 5.39. The molecule has 5 rings (SSSR count). The predicted octanol–water partition coefficient (Wildman–Crippen LogP) is 5.31. The highest BCUT2D eigenvalue weighted by Gasteiger charge is 2.33. The topological polar surface area (TPSA) is 120 Å². The van der Waals surface area contributed by atoms with Crippen LogP contribution in [0.4, 0.5) is 30.8 Å². The Balaban J connectivity index is 1.53. The van der Waals surface area contributed by atoms with Gasteiger partial charge < -0.3 is 21.1 Å². The first kappa shape index (κ1) is 25.8. The molecule has 2 aromatic heterocycles. The second-order valence-corrected chi connectivity index (χ2v) is 10.1. The molecule has 14 heteroatoms. The number of primary amides is 1. The maximum Gasteiger partial charge on any atom is 0.416 e. The van der Waals surface area contributed by atoms with E-state index in [4.69, 9.17) is 38.7 Å². The molecule has 0 radical (unpaired) electrons. The van der Waals surface area contributed by atoms with Gasteiger partial charge in [-0.2, -0.15) is 18.2 Å². The van der Waals surface area contributed by atoms with Gasteiger partial charge in [0.05, 0.1) is 40.1 Å². The monoisotopic (exact) mass is 557 g/mol. The van der Waals surface area contributed by atoms with Gasteiger partial charge in [0.1, 0.15) is 5.52 Å². The van der Waals surface area contributed by atoms with Crippen LogP contribution in [0.1, 0.15) is 43.7 Å². The van der Waals surface area contributed by atoms with Gasteiger partial charge in [0.15, 0.2) is 5.65 Å². The second-order valence-electron chi connectivity index (χ2n) is 9.26. The van der Waals surface area contributed by atoms with Crippen LogP contribution in [0.3, 0.4) is 0 Å². The summed E-state index contributed by atoms with van der Waals surface area (Å²) >= 11 is 12.4. The number of alkyl halides is 3. The molecule has 1 amide bonds. The number of hydrogen-bond acceptors (Lipinski definition) is 7. The zero-order valence-electron chi connectivity index (χ0n) is 19.5. The molecule has 2 fully saturated rings. The molecule has 1 saturated carbocycles. The Kier molecular flexibility index (Phi) is 7.08. The van der Waals surface area contributed by atoms with Crippen molar-refractivity contribution >= 4 is 57.9 Å². The number of nitrogens with one attached hydrogen (secondary N) is 2. The number of anilines is 3. The van der Waals surface area contributed by atoms with Crippen LogP contribution in [0.25, 0.3) is 11.2 Å². The minimum Gasteiger partial charge on any atom is -0.379 e. The van der Waals surface area contributed by atoms with Crippen molar-refractivity contribution in [3.05, 3.63) is 33.9 Å². The lowest BCUT2D eigenvalue weighted by Gasteiger charge is -2.29. The number of hydrogen-bond donors (Lipinski definition) is 3. The van der Waals surface area contributed by atoms with Gasteiger partial charge in [-0.1, -0.05) is 23.2 Å². The molecule has 4 N–H and O–H groups in total. The zero-order valence-corrected chi connectivity index (χ0v) is 21.0. The van der Waals surface area contributed by atoms with E-state index in [-0.39, 0.29) is 39.6 Å². The molecule has 9 nitrogen and oxygen atoms in total. The number of rotatable bonds is 6. The molecule has 1 aromatic carbocycles. The van der Waals surface area contributed by atoms with E-state index in [2.05, 4.69) is 20.6 Å². The van der Waals surface area contributed by atoms with Crippen molar-refractivity contribution in [1.29, 1.82) is 0 Å². The van der Waals surface area contributed by atoms with Gasteiger partial charge in [-0.15, -0.1) is 0 Å². The number of aromatic nitrogens is 4. The summed E-state index contributed by atoms with van der Waals surface area (Å²) in [7, 11) is 0. The fraction of sp³-hybridized carbons (Fsp3) is 0.478. The van der Waals surface area contributed by atoms with E-state index in [1.54, 1.807) is 6.20 Å². The van der Waals surface area contributed by atoms with Gasteiger partial charge in [-0.3, -0.25) is 9.36 Å². The molecule has 2 aliphatic rings. The minimum absolute atomic E-state index is 0.0854. The average Bonchev–Trinajstić information content (AvgIpc) is 3.48. The molecule has 0 spiro atoms. The van der Waals surface area contributed by atoms with Crippen molar-refractivity contribution in [3.63, 3.8) is 0 Å². The summed E-state index contributed by atoms with van der Waals surface area (Å²) < 4.78 is 46.9. The Morgan fingerprint density at radius 1 is 1.11 bits per heavy atom. The Labute approximate surface area is 219 Å². The third kappa shape index (κ3) is 5.41. The highest BCUT2D eigenvalue weighted by molar-refractivity contribution is 6.39. The van der Waals surface area contributed by atoms with Crippen LogP contribution >= 0.6 is 23.2 Å². The van der Waals surface area contributed by atoms with Gasteiger partial charge >= 0.3 is 6.18 Å². The maximum absolute atomic E-state index is 13.2. The molecule has 1 aliphatic heterocycles. The zero-order chi connectivity index (χ0) is 26.3. The number of benzene rings is 1. The Morgan fingerprint density at radius 3 is 2.41 bits per heavy atom. The van der Waals surface area contributed by atoms with Crippen LogP contribution in [-0.2, 0) is 15.7 Å². The van der Waals surface area contributed by atoms with Crippen LogP contribution in [-0.4, -0.2) is 44.7 Å². The number of amides is 1. The highest BCUT2D eigenvalue weighted by Crippen LogP contribution is 2.42. The van der Waals surface area contributed by atoms with E-state index in [0.717, 1.165) is 18.6 Å². The molecular formula is C23H24Cl2F3N7O2. The second kappa shape index (κ2) is 10.1. The summed E-state index contributed by atoms with van der Waals surface area (Å²) in [6, 6.07) is 1.61. The Morgan fingerprint density at radius 2 is 1.81 bits per heavy atom. The van der Waals surface area contributed by atoms with Crippen molar-refractivity contribution in [2.75, 3.05) is 23.8 Å². The number of carbonyl (C=O) groups excluding carboxylic acids is 1. The number of fused-ring (bicyclic) bond motifs is 1. The fourth-order valence-electron chi connectivity index (χ4n) is 4.81. The third-order valence-electron chi connectivity index (χ3n) is 6.77. The van der Waals surface area contributed by atoms with Crippen molar-refractivity contribution < 1.29 is 22.7 Å². The molecule has 1 atom stereocenters. The SMILES string of the molecule is NC(=O)[C@H]1CC[C@H](n2c(Nc3c(Cl)cc(C(F)(F)F)cc3Cl)nc3cnc(N[C@@H]4CCOC4)nc32)CC1. The standard InChI is InChI=1S/C23H24Cl2F3N7O2/c24-15-7-12(23(26,27)28)8-16(25)18(15)33-22-32-17-9-30-21(31-13-5-6-37-10-13)34-20(17)35(22)14-3-1-11(2-4-14)19(29)36/h7-9,11,13-14H,1-6,10H2,(H2,29,36)(H,32,33)(H,30,31,34)/t11-,13-,14-/m1/s1. The highest BCUT2D eigenvalue weighted by atomic mass is 35.5. The lowest BCUT2D eigenvalue weighted by Crippen LogP contribution is -2.29. The molecule has 198 valence electrons. The summed E-state index contributed by atoms with van der Waals surface area (Å²) in [5.74, 6) is 0.169.